The predicted molar refractivity (Wildman–Crippen MR) is 146 cm³/mol. The molecule has 0 atom stereocenters. The Morgan fingerprint density at radius 1 is 1.00 bits per heavy atom. The van der Waals surface area contributed by atoms with Crippen molar-refractivity contribution in [1.82, 2.24) is 10.2 Å². The lowest BCUT2D eigenvalue weighted by atomic mass is 10.2. The quantitative estimate of drug-likeness (QED) is 0.265. The maximum atomic E-state index is 12.5. The maximum Gasteiger partial charge on any atom is 0.257 e. The maximum absolute atomic E-state index is 12.5. The summed E-state index contributed by atoms with van der Waals surface area (Å²) in [6.07, 6.45) is 2.29. The normalized spacial score (nSPS) is 10.3. The number of ether oxygens (including phenoxy) is 1. The van der Waals surface area contributed by atoms with E-state index < -0.39 is 5.91 Å². The third kappa shape index (κ3) is 10.0. The number of amides is 2. The Kier molecular flexibility index (Phi) is 13.2. The number of carbonyl (C=O) groups is 2. The van der Waals surface area contributed by atoms with Crippen molar-refractivity contribution in [2.45, 2.75) is 26.2 Å². The summed E-state index contributed by atoms with van der Waals surface area (Å²) in [6.45, 7) is 3.17. The van der Waals surface area contributed by atoms with Gasteiger partial charge in [0.1, 0.15) is 0 Å². The summed E-state index contributed by atoms with van der Waals surface area (Å²) >= 11 is 17.5. The molecular formula is C23H29Cl3N4O3S. The fourth-order valence-corrected chi connectivity index (χ4v) is 3.69. The van der Waals surface area contributed by atoms with Gasteiger partial charge in [-0.25, -0.2) is 0 Å². The van der Waals surface area contributed by atoms with Gasteiger partial charge in [-0.3, -0.25) is 14.9 Å². The van der Waals surface area contributed by atoms with Gasteiger partial charge in [0.05, 0.1) is 16.7 Å². The summed E-state index contributed by atoms with van der Waals surface area (Å²) in [6, 6.07) is 9.96. The highest BCUT2D eigenvalue weighted by atomic mass is 35.5. The first-order chi connectivity index (χ1) is 15.7. The number of halogens is 3. The van der Waals surface area contributed by atoms with Crippen LogP contribution in [0.2, 0.25) is 10.0 Å². The van der Waals surface area contributed by atoms with E-state index in [1.165, 1.54) is 12.1 Å². The molecule has 0 saturated carbocycles. The Balaban J connectivity index is 0.00000578. The minimum atomic E-state index is -0.461. The van der Waals surface area contributed by atoms with Gasteiger partial charge in [-0.2, -0.15) is 0 Å². The van der Waals surface area contributed by atoms with Crippen LogP contribution in [-0.4, -0.2) is 49.1 Å². The zero-order valence-electron chi connectivity index (χ0n) is 19.2. The van der Waals surface area contributed by atoms with Gasteiger partial charge in [0, 0.05) is 23.4 Å². The van der Waals surface area contributed by atoms with Crippen molar-refractivity contribution in [2.24, 2.45) is 0 Å². The second-order valence-electron chi connectivity index (χ2n) is 7.50. The molecule has 2 amide bonds. The monoisotopic (exact) mass is 546 g/mol. The Bertz CT molecular complexity index is 965. The molecule has 2 aromatic rings. The summed E-state index contributed by atoms with van der Waals surface area (Å²) in [7, 11) is 4.02. The number of carbonyl (C=O) groups excluding carboxylic acids is 2. The van der Waals surface area contributed by atoms with Crippen LogP contribution in [0.5, 0.6) is 5.75 Å². The first kappa shape index (κ1) is 29.9. The molecule has 3 N–H and O–H groups in total. The van der Waals surface area contributed by atoms with Crippen molar-refractivity contribution < 1.29 is 14.3 Å². The van der Waals surface area contributed by atoms with Crippen LogP contribution in [0.25, 0.3) is 0 Å². The summed E-state index contributed by atoms with van der Waals surface area (Å²) in [5, 5.41) is 8.97. The standard InChI is InChI=1S/C23H28Cl2N4O3S.ClH/c1-4-32-21-18(24)13-15(14-19(21)25)22(31)28-23(33)27-17-10-8-16(9-11-17)26-20(30)7-5-6-12-29(2)3;/h8-11,13-14H,4-7,12H2,1-3H3,(H,26,30)(H2,27,28,31,33);1H. The molecule has 0 bridgehead atoms. The lowest BCUT2D eigenvalue weighted by Gasteiger charge is -2.13. The van der Waals surface area contributed by atoms with Crippen molar-refractivity contribution in [3.05, 3.63) is 52.0 Å². The zero-order valence-corrected chi connectivity index (χ0v) is 22.4. The Labute approximate surface area is 221 Å². The molecule has 7 nitrogen and oxygen atoms in total. The van der Waals surface area contributed by atoms with E-state index >= 15 is 0 Å². The van der Waals surface area contributed by atoms with Crippen LogP contribution < -0.4 is 20.7 Å². The molecule has 0 radical (unpaired) electrons. The van der Waals surface area contributed by atoms with E-state index in [9.17, 15) is 9.59 Å². The summed E-state index contributed by atoms with van der Waals surface area (Å²) in [4.78, 5) is 26.6. The van der Waals surface area contributed by atoms with Gasteiger partial charge in [0.15, 0.2) is 10.9 Å². The Morgan fingerprint density at radius 2 is 1.56 bits per heavy atom. The SMILES string of the molecule is CCOc1c(Cl)cc(C(=O)NC(=S)Nc2ccc(NC(=O)CCCCN(C)C)cc2)cc1Cl.Cl. The first-order valence-electron chi connectivity index (χ1n) is 10.5. The minimum absolute atomic E-state index is 0. The Morgan fingerprint density at radius 3 is 2.09 bits per heavy atom. The average molecular weight is 548 g/mol. The van der Waals surface area contributed by atoms with Crippen molar-refractivity contribution in [1.29, 1.82) is 0 Å². The largest absolute Gasteiger partial charge is 0.491 e. The number of nitrogens with one attached hydrogen (secondary N) is 3. The number of thiocarbonyl (C=S) groups is 1. The van der Waals surface area contributed by atoms with Crippen molar-refractivity contribution in [2.75, 3.05) is 37.9 Å². The lowest BCUT2D eigenvalue weighted by molar-refractivity contribution is -0.116. The number of unbranched alkanes of at least 4 members (excludes halogenated alkanes) is 1. The number of rotatable bonds is 10. The van der Waals surface area contributed by atoms with E-state index in [1.54, 1.807) is 24.3 Å². The predicted octanol–water partition coefficient (Wildman–Crippen LogP) is 5.61. The summed E-state index contributed by atoms with van der Waals surface area (Å²) in [5.74, 6) is -0.152. The second-order valence-corrected chi connectivity index (χ2v) is 8.72. The van der Waals surface area contributed by atoms with Crippen LogP contribution in [0.15, 0.2) is 36.4 Å². The van der Waals surface area contributed by atoms with Crippen LogP contribution in [0, 0.1) is 0 Å². The van der Waals surface area contributed by atoms with Gasteiger partial charge >= 0.3 is 0 Å². The molecule has 0 aliphatic rings. The highest BCUT2D eigenvalue weighted by Gasteiger charge is 2.15. The number of benzene rings is 2. The number of hydrogen-bond acceptors (Lipinski definition) is 5. The van der Waals surface area contributed by atoms with Gasteiger partial charge in [0.2, 0.25) is 5.91 Å². The third-order valence-corrected chi connectivity index (χ3v) is 5.23. The molecule has 0 fully saturated rings. The fourth-order valence-electron chi connectivity index (χ4n) is 2.88. The van der Waals surface area contributed by atoms with E-state index in [2.05, 4.69) is 20.9 Å². The van der Waals surface area contributed by atoms with Crippen LogP contribution in [-0.2, 0) is 4.79 Å². The molecule has 0 aliphatic heterocycles. The average Bonchev–Trinajstić information content (AvgIpc) is 2.75. The smallest absolute Gasteiger partial charge is 0.257 e. The van der Waals surface area contributed by atoms with Crippen molar-refractivity contribution >= 4 is 76.1 Å². The van der Waals surface area contributed by atoms with E-state index in [1.807, 2.05) is 21.0 Å². The molecule has 2 rings (SSSR count). The molecular weight excluding hydrogens is 519 g/mol. The van der Waals surface area contributed by atoms with E-state index in [-0.39, 0.29) is 39.0 Å². The third-order valence-electron chi connectivity index (χ3n) is 4.46. The van der Waals surface area contributed by atoms with Crippen molar-refractivity contribution in [3.8, 4) is 5.75 Å². The van der Waals surface area contributed by atoms with Gasteiger partial charge < -0.3 is 20.3 Å². The molecule has 0 unspecified atom stereocenters. The molecule has 0 saturated heterocycles. The van der Waals surface area contributed by atoms with E-state index in [0.717, 1.165) is 19.4 Å². The molecule has 0 aromatic heterocycles. The van der Waals surface area contributed by atoms with Crippen LogP contribution in [0.3, 0.4) is 0 Å². The highest BCUT2D eigenvalue weighted by molar-refractivity contribution is 7.80. The minimum Gasteiger partial charge on any atom is -0.491 e. The molecule has 186 valence electrons. The van der Waals surface area contributed by atoms with Gasteiger partial charge in [-0.15, -0.1) is 12.4 Å². The van der Waals surface area contributed by atoms with Gasteiger partial charge in [0.25, 0.3) is 5.91 Å². The summed E-state index contributed by atoms with van der Waals surface area (Å²) < 4.78 is 5.37. The highest BCUT2D eigenvalue weighted by Crippen LogP contribution is 2.34. The number of hydrogen-bond donors (Lipinski definition) is 3. The molecule has 0 spiro atoms. The number of nitrogens with zero attached hydrogens (tertiary/aromatic N) is 1. The topological polar surface area (TPSA) is 82.7 Å². The lowest BCUT2D eigenvalue weighted by Crippen LogP contribution is -2.34. The molecule has 34 heavy (non-hydrogen) atoms. The summed E-state index contributed by atoms with van der Waals surface area (Å²) in [5.41, 5.74) is 1.60. The van der Waals surface area contributed by atoms with Gasteiger partial charge in [-0.1, -0.05) is 23.2 Å². The van der Waals surface area contributed by atoms with Crippen LogP contribution >= 0.6 is 47.8 Å². The molecule has 0 heterocycles. The van der Waals surface area contributed by atoms with E-state index in [4.69, 9.17) is 40.2 Å². The van der Waals surface area contributed by atoms with Crippen molar-refractivity contribution in [3.63, 3.8) is 0 Å². The molecule has 11 heteroatoms. The van der Waals surface area contributed by atoms with Gasteiger partial charge in [-0.05, 0) is 89.0 Å². The van der Waals surface area contributed by atoms with Crippen LogP contribution in [0.1, 0.15) is 36.5 Å². The first-order valence-corrected chi connectivity index (χ1v) is 11.6. The number of anilines is 2. The molecule has 2 aromatic carbocycles. The van der Waals surface area contributed by atoms with E-state index in [0.29, 0.717) is 30.2 Å². The van der Waals surface area contributed by atoms with Crippen LogP contribution in [0.4, 0.5) is 11.4 Å². The molecule has 0 aliphatic carbocycles. The Hall–Kier alpha value is -2.10. The second kappa shape index (κ2) is 15.0. The zero-order chi connectivity index (χ0) is 24.4. The fraction of sp³-hybridized carbons (Fsp3) is 0.348.